The third kappa shape index (κ3) is 3.00. The van der Waals surface area contributed by atoms with E-state index in [0.717, 1.165) is 5.56 Å². The van der Waals surface area contributed by atoms with Crippen LogP contribution >= 0.6 is 0 Å². The number of nitrogens with zero attached hydrogens (tertiary/aromatic N) is 4. The van der Waals surface area contributed by atoms with Crippen molar-refractivity contribution in [3.05, 3.63) is 51.7 Å². The molecule has 136 valence electrons. The van der Waals surface area contributed by atoms with E-state index in [1.165, 1.54) is 0 Å². The van der Waals surface area contributed by atoms with Crippen LogP contribution in [0.4, 0.5) is 0 Å². The summed E-state index contributed by atoms with van der Waals surface area (Å²) >= 11 is 0. The molecular formula is C19H22N4O3. The minimum absolute atomic E-state index is 0.0540. The van der Waals surface area contributed by atoms with Crippen molar-refractivity contribution in [2.75, 3.05) is 6.61 Å². The van der Waals surface area contributed by atoms with E-state index in [2.05, 4.69) is 5.10 Å². The van der Waals surface area contributed by atoms with Gasteiger partial charge < -0.3 is 4.74 Å². The van der Waals surface area contributed by atoms with Gasteiger partial charge in [-0.3, -0.25) is 14.3 Å². The maximum atomic E-state index is 13.2. The number of aromatic nitrogens is 4. The number of fused-ring (bicyclic) bond motifs is 1. The number of rotatable bonds is 5. The van der Waals surface area contributed by atoms with E-state index in [4.69, 9.17) is 9.72 Å². The van der Waals surface area contributed by atoms with Crippen LogP contribution in [0, 0.1) is 6.92 Å². The second kappa shape index (κ2) is 7.11. The largest absolute Gasteiger partial charge is 0.466 e. The van der Waals surface area contributed by atoms with Crippen LogP contribution < -0.4 is 5.56 Å². The number of para-hydroxylation sites is 1. The van der Waals surface area contributed by atoms with Crippen molar-refractivity contribution in [1.82, 2.24) is 19.3 Å². The molecule has 0 unspecified atom stereocenters. The maximum absolute atomic E-state index is 13.2. The number of hydrogen-bond acceptors (Lipinski definition) is 5. The number of benzene rings is 1. The SMILES string of the molecule is CCOC(=O)Cc1cnn(C)c1-n1c(CC)nc2c(C)cccc2c1=O. The molecule has 0 spiro atoms. The summed E-state index contributed by atoms with van der Waals surface area (Å²) in [5.74, 6) is 0.832. The molecule has 26 heavy (non-hydrogen) atoms. The van der Waals surface area contributed by atoms with E-state index in [9.17, 15) is 9.59 Å². The van der Waals surface area contributed by atoms with Crippen molar-refractivity contribution < 1.29 is 9.53 Å². The Morgan fingerprint density at radius 2 is 2.04 bits per heavy atom. The second-order valence-electron chi connectivity index (χ2n) is 6.09. The summed E-state index contributed by atoms with van der Waals surface area (Å²) in [5.41, 5.74) is 2.14. The summed E-state index contributed by atoms with van der Waals surface area (Å²) in [5, 5.41) is 4.79. The molecule has 0 saturated heterocycles. The Kier molecular flexibility index (Phi) is 4.88. The summed E-state index contributed by atoms with van der Waals surface area (Å²) in [6.45, 7) is 5.96. The lowest BCUT2D eigenvalue weighted by Crippen LogP contribution is -2.27. The van der Waals surface area contributed by atoms with Crippen molar-refractivity contribution in [2.24, 2.45) is 7.05 Å². The zero-order chi connectivity index (χ0) is 18.8. The van der Waals surface area contributed by atoms with E-state index in [0.29, 0.717) is 41.1 Å². The van der Waals surface area contributed by atoms with Crippen molar-refractivity contribution in [3.8, 4) is 5.82 Å². The van der Waals surface area contributed by atoms with Gasteiger partial charge in [-0.1, -0.05) is 19.1 Å². The molecule has 0 amide bonds. The lowest BCUT2D eigenvalue weighted by molar-refractivity contribution is -0.142. The van der Waals surface area contributed by atoms with E-state index in [-0.39, 0.29) is 17.9 Å². The third-order valence-corrected chi connectivity index (χ3v) is 4.32. The highest BCUT2D eigenvalue weighted by Gasteiger charge is 2.20. The molecule has 0 aliphatic carbocycles. The fourth-order valence-corrected chi connectivity index (χ4v) is 3.11. The molecule has 0 bridgehead atoms. The van der Waals surface area contributed by atoms with Gasteiger partial charge in [-0.05, 0) is 25.5 Å². The molecular weight excluding hydrogens is 332 g/mol. The van der Waals surface area contributed by atoms with Crippen LogP contribution in [0.15, 0.2) is 29.2 Å². The standard InChI is InChI=1S/C19H22N4O3/c1-5-15-21-17-12(3)8-7-9-14(17)19(25)23(15)18-13(11-20-22(18)4)10-16(24)26-6-2/h7-9,11H,5-6,10H2,1-4H3. The highest BCUT2D eigenvalue weighted by Crippen LogP contribution is 2.19. The molecule has 1 aromatic carbocycles. The van der Waals surface area contributed by atoms with Crippen LogP contribution in [0.5, 0.6) is 0 Å². The van der Waals surface area contributed by atoms with Gasteiger partial charge in [-0.25, -0.2) is 9.55 Å². The Labute approximate surface area is 151 Å². The van der Waals surface area contributed by atoms with Gasteiger partial charge in [0.15, 0.2) is 0 Å². The number of ether oxygens (including phenoxy) is 1. The van der Waals surface area contributed by atoms with Crippen LogP contribution in [0.25, 0.3) is 16.7 Å². The minimum atomic E-state index is -0.350. The number of carbonyl (C=O) groups is 1. The fourth-order valence-electron chi connectivity index (χ4n) is 3.11. The van der Waals surface area contributed by atoms with Crippen LogP contribution in [0.2, 0.25) is 0 Å². The van der Waals surface area contributed by atoms with Crippen LogP contribution in [-0.2, 0) is 29.4 Å². The third-order valence-electron chi connectivity index (χ3n) is 4.32. The average Bonchev–Trinajstić information content (AvgIpc) is 2.96. The smallest absolute Gasteiger partial charge is 0.310 e. The maximum Gasteiger partial charge on any atom is 0.310 e. The fraction of sp³-hybridized carbons (Fsp3) is 0.368. The van der Waals surface area contributed by atoms with Gasteiger partial charge in [0.05, 0.1) is 30.1 Å². The summed E-state index contributed by atoms with van der Waals surface area (Å²) < 4.78 is 8.19. The first kappa shape index (κ1) is 17.8. The van der Waals surface area contributed by atoms with E-state index < -0.39 is 0 Å². The first-order chi connectivity index (χ1) is 12.5. The predicted molar refractivity (Wildman–Crippen MR) is 98.6 cm³/mol. The zero-order valence-electron chi connectivity index (χ0n) is 15.4. The highest BCUT2D eigenvalue weighted by molar-refractivity contribution is 5.81. The molecule has 2 aromatic heterocycles. The van der Waals surface area contributed by atoms with Crippen molar-refractivity contribution >= 4 is 16.9 Å². The number of hydrogen-bond donors (Lipinski definition) is 0. The van der Waals surface area contributed by atoms with E-state index in [1.807, 2.05) is 26.0 Å². The van der Waals surface area contributed by atoms with Gasteiger partial charge in [-0.2, -0.15) is 5.10 Å². The lowest BCUT2D eigenvalue weighted by atomic mass is 10.1. The number of aryl methyl sites for hydroxylation is 3. The van der Waals surface area contributed by atoms with Crippen LogP contribution in [0.3, 0.4) is 0 Å². The van der Waals surface area contributed by atoms with Gasteiger partial charge in [0.1, 0.15) is 11.6 Å². The summed E-state index contributed by atoms with van der Waals surface area (Å²) in [7, 11) is 1.75. The molecule has 0 aliphatic heterocycles. The molecule has 7 nitrogen and oxygen atoms in total. The number of esters is 1. The molecule has 3 aromatic rings. The highest BCUT2D eigenvalue weighted by atomic mass is 16.5. The van der Waals surface area contributed by atoms with Crippen LogP contribution in [-0.4, -0.2) is 31.9 Å². The second-order valence-corrected chi connectivity index (χ2v) is 6.09. The van der Waals surface area contributed by atoms with Crippen molar-refractivity contribution in [1.29, 1.82) is 0 Å². The molecule has 0 saturated carbocycles. The Balaban J connectivity index is 2.26. The molecule has 0 radical (unpaired) electrons. The topological polar surface area (TPSA) is 79.0 Å². The molecule has 0 N–H and O–H groups in total. The molecule has 0 fully saturated rings. The summed E-state index contributed by atoms with van der Waals surface area (Å²) in [6.07, 6.45) is 2.22. The Morgan fingerprint density at radius 3 is 2.73 bits per heavy atom. The van der Waals surface area contributed by atoms with Gasteiger partial charge in [0, 0.05) is 19.0 Å². The first-order valence-electron chi connectivity index (χ1n) is 8.66. The van der Waals surface area contributed by atoms with Crippen molar-refractivity contribution in [3.63, 3.8) is 0 Å². The minimum Gasteiger partial charge on any atom is -0.466 e. The van der Waals surface area contributed by atoms with Gasteiger partial charge >= 0.3 is 5.97 Å². The van der Waals surface area contributed by atoms with Gasteiger partial charge in [0.2, 0.25) is 0 Å². The lowest BCUT2D eigenvalue weighted by Gasteiger charge is -2.15. The van der Waals surface area contributed by atoms with Gasteiger partial charge in [0.25, 0.3) is 5.56 Å². The normalized spacial score (nSPS) is 11.1. The van der Waals surface area contributed by atoms with Crippen molar-refractivity contribution in [2.45, 2.75) is 33.6 Å². The summed E-state index contributed by atoms with van der Waals surface area (Å²) in [6, 6.07) is 5.56. The molecule has 0 atom stereocenters. The van der Waals surface area contributed by atoms with Crippen LogP contribution in [0.1, 0.15) is 30.8 Å². The first-order valence-corrected chi connectivity index (χ1v) is 8.66. The van der Waals surface area contributed by atoms with Gasteiger partial charge in [-0.15, -0.1) is 0 Å². The predicted octanol–water partition coefficient (Wildman–Crippen LogP) is 2.10. The molecule has 7 heteroatoms. The molecule has 2 heterocycles. The number of carbonyl (C=O) groups excluding carboxylic acids is 1. The molecule has 3 rings (SSSR count). The Hall–Kier alpha value is -2.96. The molecule has 0 aliphatic rings. The van der Waals surface area contributed by atoms with E-state index in [1.54, 1.807) is 35.5 Å². The average molecular weight is 354 g/mol. The monoisotopic (exact) mass is 354 g/mol. The van der Waals surface area contributed by atoms with E-state index >= 15 is 0 Å². The Bertz CT molecular complexity index is 1030. The quantitative estimate of drug-likeness (QED) is 0.656. The Morgan fingerprint density at radius 1 is 1.27 bits per heavy atom. The summed E-state index contributed by atoms with van der Waals surface area (Å²) in [4.78, 5) is 29.9. The zero-order valence-corrected chi connectivity index (χ0v) is 15.4.